The van der Waals surface area contributed by atoms with Crippen molar-refractivity contribution in [2.75, 3.05) is 7.11 Å². The minimum atomic E-state index is -0.281. The predicted molar refractivity (Wildman–Crippen MR) is 65.8 cm³/mol. The zero-order valence-corrected chi connectivity index (χ0v) is 10.0. The van der Waals surface area contributed by atoms with E-state index in [2.05, 4.69) is 0 Å². The Morgan fingerprint density at radius 1 is 1.19 bits per heavy atom. The van der Waals surface area contributed by atoms with Gasteiger partial charge in [0.1, 0.15) is 0 Å². The Bertz CT molecular complexity index is 497. The number of carbonyl (C=O) groups excluding carboxylic acids is 1. The molecule has 0 amide bonds. The number of aryl methyl sites for hydroxylation is 1. The van der Waals surface area contributed by atoms with E-state index in [1.54, 1.807) is 0 Å². The molecule has 16 heavy (non-hydrogen) atoms. The van der Waals surface area contributed by atoms with Gasteiger partial charge in [0.05, 0.1) is 12.7 Å². The van der Waals surface area contributed by atoms with E-state index >= 15 is 0 Å². The summed E-state index contributed by atoms with van der Waals surface area (Å²) in [5.41, 5.74) is 3.83. The van der Waals surface area contributed by atoms with Crippen LogP contribution in [0.15, 0.2) is 35.0 Å². The fourth-order valence-corrected chi connectivity index (χ4v) is 2.35. The van der Waals surface area contributed by atoms with Crippen molar-refractivity contribution < 1.29 is 9.53 Å². The summed E-state index contributed by atoms with van der Waals surface area (Å²) in [7, 11) is 1.40. The van der Waals surface area contributed by atoms with Gasteiger partial charge in [-0.15, -0.1) is 0 Å². The third kappa shape index (κ3) is 1.99. The summed E-state index contributed by atoms with van der Waals surface area (Å²) in [6.07, 6.45) is 0. The minimum absolute atomic E-state index is 0.281. The van der Waals surface area contributed by atoms with Gasteiger partial charge in [-0.05, 0) is 17.9 Å². The molecule has 1 aromatic carbocycles. The molecule has 0 spiro atoms. The molecule has 2 nitrogen and oxygen atoms in total. The fraction of sp³-hybridized carbons (Fsp3) is 0.154. The summed E-state index contributed by atoms with van der Waals surface area (Å²) in [6, 6.07) is 8.11. The number of hydrogen-bond acceptors (Lipinski definition) is 3. The summed E-state index contributed by atoms with van der Waals surface area (Å²) < 4.78 is 4.75. The number of hydrogen-bond donors (Lipinski definition) is 0. The van der Waals surface area contributed by atoms with E-state index in [1.165, 1.54) is 24.0 Å². The van der Waals surface area contributed by atoms with Gasteiger partial charge in [0, 0.05) is 10.9 Å². The third-order valence-electron chi connectivity index (χ3n) is 2.43. The van der Waals surface area contributed by atoms with Crippen LogP contribution < -0.4 is 0 Å². The predicted octanol–water partition coefficient (Wildman–Crippen LogP) is 3.51. The maximum atomic E-state index is 11.5. The first-order chi connectivity index (χ1) is 7.72. The second kappa shape index (κ2) is 4.49. The number of benzene rings is 1. The van der Waals surface area contributed by atoms with Gasteiger partial charge in [-0.2, -0.15) is 11.3 Å². The lowest BCUT2D eigenvalue weighted by atomic mass is 10.0. The Morgan fingerprint density at radius 2 is 1.88 bits per heavy atom. The van der Waals surface area contributed by atoms with Crippen LogP contribution in [-0.4, -0.2) is 13.1 Å². The molecule has 0 atom stereocenters. The second-order valence-corrected chi connectivity index (χ2v) is 4.30. The molecule has 0 radical (unpaired) electrons. The van der Waals surface area contributed by atoms with Gasteiger partial charge in [-0.1, -0.05) is 29.8 Å². The molecule has 0 aliphatic heterocycles. The Labute approximate surface area is 98.5 Å². The molecule has 0 aliphatic rings. The molecule has 82 valence electrons. The zero-order chi connectivity index (χ0) is 11.5. The minimum Gasteiger partial charge on any atom is -0.465 e. The molecule has 0 fully saturated rings. The second-order valence-electron chi connectivity index (χ2n) is 3.56. The average Bonchev–Trinajstić information content (AvgIpc) is 2.78. The van der Waals surface area contributed by atoms with Gasteiger partial charge < -0.3 is 4.74 Å². The number of thiophene rings is 1. The highest BCUT2D eigenvalue weighted by molar-refractivity contribution is 7.08. The summed E-state index contributed by atoms with van der Waals surface area (Å²) >= 11 is 1.51. The monoisotopic (exact) mass is 232 g/mol. The maximum Gasteiger partial charge on any atom is 0.339 e. The molecule has 0 saturated heterocycles. The highest BCUT2D eigenvalue weighted by Crippen LogP contribution is 2.28. The van der Waals surface area contributed by atoms with Crippen molar-refractivity contribution >= 4 is 17.3 Å². The zero-order valence-electron chi connectivity index (χ0n) is 9.19. The fourth-order valence-electron chi connectivity index (χ4n) is 1.52. The Kier molecular flexibility index (Phi) is 3.06. The molecule has 0 N–H and O–H groups in total. The lowest BCUT2D eigenvalue weighted by Crippen LogP contribution is -2.00. The van der Waals surface area contributed by atoms with E-state index in [0.29, 0.717) is 5.56 Å². The summed E-state index contributed by atoms with van der Waals surface area (Å²) in [5.74, 6) is -0.281. The van der Waals surface area contributed by atoms with Gasteiger partial charge in [-0.25, -0.2) is 4.79 Å². The number of carbonyl (C=O) groups is 1. The van der Waals surface area contributed by atoms with Crippen molar-refractivity contribution in [1.82, 2.24) is 0 Å². The van der Waals surface area contributed by atoms with Crippen LogP contribution in [0.5, 0.6) is 0 Å². The van der Waals surface area contributed by atoms with Gasteiger partial charge in [-0.3, -0.25) is 0 Å². The molecule has 0 unspecified atom stereocenters. The third-order valence-corrected chi connectivity index (χ3v) is 3.17. The van der Waals surface area contributed by atoms with Gasteiger partial charge in [0.25, 0.3) is 0 Å². The molecule has 3 heteroatoms. The molecule has 2 aromatic rings. The summed E-state index contributed by atoms with van der Waals surface area (Å²) in [6.45, 7) is 2.04. The number of esters is 1. The number of rotatable bonds is 2. The van der Waals surface area contributed by atoms with Crippen LogP contribution in [0.4, 0.5) is 0 Å². The lowest BCUT2D eigenvalue weighted by molar-refractivity contribution is 0.0602. The van der Waals surface area contributed by atoms with Crippen LogP contribution in [0.2, 0.25) is 0 Å². The maximum absolute atomic E-state index is 11.5. The topological polar surface area (TPSA) is 26.3 Å². The van der Waals surface area contributed by atoms with Crippen LogP contribution in [-0.2, 0) is 4.74 Å². The van der Waals surface area contributed by atoms with Crippen molar-refractivity contribution in [2.24, 2.45) is 0 Å². The normalized spacial score (nSPS) is 10.1. The molecular formula is C13H12O2S. The van der Waals surface area contributed by atoms with Crippen molar-refractivity contribution in [3.8, 4) is 11.1 Å². The molecule has 0 bridgehead atoms. The smallest absolute Gasteiger partial charge is 0.339 e. The SMILES string of the molecule is COC(=O)c1cscc1-c1ccc(C)cc1. The average molecular weight is 232 g/mol. The number of ether oxygens (including phenoxy) is 1. The van der Waals surface area contributed by atoms with E-state index in [0.717, 1.165) is 11.1 Å². The van der Waals surface area contributed by atoms with Crippen molar-refractivity contribution in [1.29, 1.82) is 0 Å². The van der Waals surface area contributed by atoms with Crippen molar-refractivity contribution in [3.05, 3.63) is 46.2 Å². The van der Waals surface area contributed by atoms with E-state index in [1.807, 2.05) is 41.9 Å². The summed E-state index contributed by atoms with van der Waals surface area (Å²) in [5, 5.41) is 3.79. The van der Waals surface area contributed by atoms with E-state index < -0.39 is 0 Å². The van der Waals surface area contributed by atoms with Crippen molar-refractivity contribution in [3.63, 3.8) is 0 Å². The van der Waals surface area contributed by atoms with E-state index in [-0.39, 0.29) is 5.97 Å². The molecule has 1 heterocycles. The van der Waals surface area contributed by atoms with Crippen LogP contribution in [0.1, 0.15) is 15.9 Å². The Balaban J connectivity index is 2.44. The molecule has 1 aromatic heterocycles. The standard InChI is InChI=1S/C13H12O2S/c1-9-3-5-10(6-4-9)11-7-16-8-12(11)13(14)15-2/h3-8H,1-2H3. The van der Waals surface area contributed by atoms with Gasteiger partial charge >= 0.3 is 5.97 Å². The highest BCUT2D eigenvalue weighted by atomic mass is 32.1. The Morgan fingerprint density at radius 3 is 2.50 bits per heavy atom. The van der Waals surface area contributed by atoms with Crippen LogP contribution in [0.3, 0.4) is 0 Å². The van der Waals surface area contributed by atoms with Crippen LogP contribution in [0, 0.1) is 6.92 Å². The first-order valence-electron chi connectivity index (χ1n) is 4.94. The van der Waals surface area contributed by atoms with Gasteiger partial charge in [0.15, 0.2) is 0 Å². The lowest BCUT2D eigenvalue weighted by Gasteiger charge is -2.03. The highest BCUT2D eigenvalue weighted by Gasteiger charge is 2.13. The van der Waals surface area contributed by atoms with Crippen molar-refractivity contribution in [2.45, 2.75) is 6.92 Å². The first-order valence-corrected chi connectivity index (χ1v) is 5.88. The molecule has 0 aliphatic carbocycles. The first kappa shape index (κ1) is 10.9. The summed E-state index contributed by atoms with van der Waals surface area (Å²) in [4.78, 5) is 11.5. The Hall–Kier alpha value is -1.61. The van der Waals surface area contributed by atoms with E-state index in [9.17, 15) is 4.79 Å². The molecular weight excluding hydrogens is 220 g/mol. The quantitative estimate of drug-likeness (QED) is 0.741. The largest absolute Gasteiger partial charge is 0.465 e. The van der Waals surface area contributed by atoms with Crippen LogP contribution >= 0.6 is 11.3 Å². The number of methoxy groups -OCH3 is 1. The molecule has 0 saturated carbocycles. The molecule has 2 rings (SSSR count). The van der Waals surface area contributed by atoms with E-state index in [4.69, 9.17) is 4.74 Å². The van der Waals surface area contributed by atoms with Gasteiger partial charge in [0.2, 0.25) is 0 Å². The van der Waals surface area contributed by atoms with Crippen LogP contribution in [0.25, 0.3) is 11.1 Å².